The summed E-state index contributed by atoms with van der Waals surface area (Å²) >= 11 is 0.721. The van der Waals surface area contributed by atoms with E-state index in [-0.39, 0.29) is 0 Å². The number of benzene rings is 3. The molecule has 1 heterocycles. The molecule has 0 spiro atoms. The van der Waals surface area contributed by atoms with E-state index in [1.807, 2.05) is 18.2 Å². The Balaban J connectivity index is 1.67. The number of alkyl halides is 3. The molecule has 148 valence electrons. The summed E-state index contributed by atoms with van der Waals surface area (Å²) in [5.74, 6) is -0.958. The van der Waals surface area contributed by atoms with Crippen molar-refractivity contribution in [2.45, 2.75) is 18.2 Å². The Labute approximate surface area is 167 Å². The van der Waals surface area contributed by atoms with Crippen molar-refractivity contribution in [1.29, 1.82) is 0 Å². The molecule has 0 radical (unpaired) electrons. The molecule has 4 nitrogen and oxygen atoms in total. The summed E-state index contributed by atoms with van der Waals surface area (Å²) in [4.78, 5) is 16.4. The summed E-state index contributed by atoms with van der Waals surface area (Å²) in [7, 11) is 0. The van der Waals surface area contributed by atoms with Gasteiger partial charge < -0.3 is 10.4 Å². The number of halogens is 3. The van der Waals surface area contributed by atoms with Gasteiger partial charge in [0.05, 0.1) is 16.6 Å². The maximum absolute atomic E-state index is 13.8. The van der Waals surface area contributed by atoms with Crippen LogP contribution in [0.25, 0.3) is 21.0 Å². The average Bonchev–Trinajstić information content (AvgIpc) is 3.12. The Kier molecular flexibility index (Phi) is 4.76. The summed E-state index contributed by atoms with van der Waals surface area (Å²) in [6, 6.07) is 18.8. The molecular formula is C21H15F3N2O2S. The minimum atomic E-state index is -5.07. The van der Waals surface area contributed by atoms with E-state index in [9.17, 15) is 23.1 Å². The number of aliphatic hydroxyl groups is 1. The molecule has 8 heteroatoms. The first kappa shape index (κ1) is 19.4. The number of fused-ring (bicyclic) bond motifs is 2. The predicted octanol–water partition coefficient (Wildman–Crippen LogP) is 5.23. The Morgan fingerprint density at radius 3 is 2.45 bits per heavy atom. The number of nitrogens with zero attached hydrogens (tertiary/aromatic N) is 1. The van der Waals surface area contributed by atoms with Crippen LogP contribution in [0.15, 0.2) is 66.7 Å². The molecule has 1 atom stereocenters. The number of hydrogen-bond acceptors (Lipinski definition) is 4. The molecular weight excluding hydrogens is 401 g/mol. The summed E-state index contributed by atoms with van der Waals surface area (Å²) in [6.45, 7) is 0. The van der Waals surface area contributed by atoms with Crippen LogP contribution >= 0.6 is 11.3 Å². The van der Waals surface area contributed by atoms with E-state index in [2.05, 4.69) is 10.3 Å². The quantitative estimate of drug-likeness (QED) is 0.479. The number of nitrogens with one attached hydrogen (secondary N) is 1. The number of carbonyl (C=O) groups excluding carboxylic acids is 1. The minimum absolute atomic E-state index is 0.338. The summed E-state index contributed by atoms with van der Waals surface area (Å²) < 4.78 is 41.9. The molecule has 3 aromatic carbocycles. The lowest BCUT2D eigenvalue weighted by Crippen LogP contribution is -2.45. The van der Waals surface area contributed by atoms with Gasteiger partial charge in [0.2, 0.25) is 11.5 Å². The van der Waals surface area contributed by atoms with Crippen LogP contribution in [0.2, 0.25) is 0 Å². The third-order valence-corrected chi connectivity index (χ3v) is 5.78. The zero-order chi connectivity index (χ0) is 20.6. The van der Waals surface area contributed by atoms with Gasteiger partial charge in [-0.05, 0) is 23.6 Å². The molecule has 0 bridgehead atoms. The number of aromatic nitrogens is 1. The molecule has 29 heavy (non-hydrogen) atoms. The summed E-state index contributed by atoms with van der Waals surface area (Å²) in [6.07, 6.45) is -6.27. The Bertz CT molecular complexity index is 1170. The van der Waals surface area contributed by atoms with Crippen molar-refractivity contribution in [1.82, 2.24) is 4.98 Å². The number of hydrogen-bond donors (Lipinski definition) is 2. The number of anilines is 1. The van der Waals surface area contributed by atoms with Gasteiger partial charge in [0.1, 0.15) is 5.01 Å². The maximum atomic E-state index is 13.8. The zero-order valence-electron chi connectivity index (χ0n) is 14.9. The van der Waals surface area contributed by atoms with Crippen molar-refractivity contribution in [3.63, 3.8) is 0 Å². The third-order valence-electron chi connectivity index (χ3n) is 4.60. The fourth-order valence-electron chi connectivity index (χ4n) is 3.11. The highest BCUT2D eigenvalue weighted by Crippen LogP contribution is 2.44. The first-order chi connectivity index (χ1) is 13.8. The van der Waals surface area contributed by atoms with E-state index in [4.69, 9.17) is 0 Å². The van der Waals surface area contributed by atoms with E-state index in [1.54, 1.807) is 48.5 Å². The zero-order valence-corrected chi connectivity index (χ0v) is 15.7. The molecule has 4 aromatic rings. The second-order valence-electron chi connectivity index (χ2n) is 6.60. The fourth-order valence-corrected chi connectivity index (χ4v) is 4.18. The van der Waals surface area contributed by atoms with Crippen molar-refractivity contribution >= 4 is 43.9 Å². The van der Waals surface area contributed by atoms with Crippen molar-refractivity contribution in [3.05, 3.63) is 71.7 Å². The van der Waals surface area contributed by atoms with Crippen molar-refractivity contribution < 1.29 is 23.1 Å². The first-order valence-electron chi connectivity index (χ1n) is 8.71. The van der Waals surface area contributed by atoms with Crippen LogP contribution in [0.3, 0.4) is 0 Å². The largest absolute Gasteiger partial charge is 0.424 e. The lowest BCUT2D eigenvalue weighted by Gasteiger charge is -2.28. The van der Waals surface area contributed by atoms with Gasteiger partial charge in [0, 0.05) is 11.1 Å². The maximum Gasteiger partial charge on any atom is 0.424 e. The molecule has 1 amide bonds. The van der Waals surface area contributed by atoms with Gasteiger partial charge in [-0.2, -0.15) is 13.2 Å². The van der Waals surface area contributed by atoms with E-state index in [0.717, 1.165) is 16.7 Å². The highest BCUT2D eigenvalue weighted by molar-refractivity contribution is 7.18. The third kappa shape index (κ3) is 3.56. The molecule has 0 saturated carbocycles. The smallest absolute Gasteiger partial charge is 0.374 e. The second kappa shape index (κ2) is 7.13. The first-order valence-corrected chi connectivity index (χ1v) is 9.52. The number of carbonyl (C=O) groups is 1. The highest BCUT2D eigenvalue weighted by atomic mass is 32.1. The van der Waals surface area contributed by atoms with Crippen LogP contribution in [-0.4, -0.2) is 22.2 Å². The average molecular weight is 416 g/mol. The number of amides is 1. The van der Waals surface area contributed by atoms with E-state index < -0.39 is 29.1 Å². The van der Waals surface area contributed by atoms with Crippen molar-refractivity contribution in [3.8, 4) is 0 Å². The molecule has 0 aliphatic carbocycles. The number of thiazole rings is 1. The monoisotopic (exact) mass is 416 g/mol. The standard InChI is InChI=1S/C21H15F3N2O2S/c22-21(23,24)20(28,19-26-16-9-3-4-11-17(16)29-19)12-18(27)25-15-10-5-7-13-6-1-2-8-14(13)15/h1-11,28H,12H2,(H,25,27). The fraction of sp³-hybridized carbons (Fsp3) is 0.143. The van der Waals surface area contributed by atoms with Crippen LogP contribution < -0.4 is 5.32 Å². The van der Waals surface area contributed by atoms with Gasteiger partial charge in [-0.3, -0.25) is 4.79 Å². The van der Waals surface area contributed by atoms with Crippen LogP contribution in [-0.2, 0) is 10.4 Å². The van der Waals surface area contributed by atoms with Gasteiger partial charge >= 0.3 is 6.18 Å². The summed E-state index contributed by atoms with van der Waals surface area (Å²) in [5.41, 5.74) is -2.67. The molecule has 0 fully saturated rings. The van der Waals surface area contributed by atoms with Crippen LogP contribution in [0, 0.1) is 0 Å². The summed E-state index contributed by atoms with van der Waals surface area (Å²) in [5, 5.41) is 14.0. The molecule has 0 aliphatic rings. The predicted molar refractivity (Wildman–Crippen MR) is 107 cm³/mol. The second-order valence-corrected chi connectivity index (χ2v) is 7.63. The molecule has 4 rings (SSSR count). The Morgan fingerprint density at radius 1 is 1.00 bits per heavy atom. The van der Waals surface area contributed by atoms with E-state index in [1.165, 1.54) is 0 Å². The van der Waals surface area contributed by atoms with Crippen LogP contribution in [0.5, 0.6) is 0 Å². The van der Waals surface area contributed by atoms with Crippen molar-refractivity contribution in [2.75, 3.05) is 5.32 Å². The lowest BCUT2D eigenvalue weighted by molar-refractivity contribution is -0.266. The van der Waals surface area contributed by atoms with Crippen molar-refractivity contribution in [2.24, 2.45) is 0 Å². The van der Waals surface area contributed by atoms with Gasteiger partial charge in [0.15, 0.2) is 0 Å². The van der Waals surface area contributed by atoms with E-state index in [0.29, 0.717) is 21.3 Å². The van der Waals surface area contributed by atoms with Crippen LogP contribution in [0.1, 0.15) is 11.4 Å². The van der Waals surface area contributed by atoms with Gasteiger partial charge in [-0.1, -0.05) is 48.5 Å². The lowest BCUT2D eigenvalue weighted by atomic mass is 9.99. The molecule has 0 saturated heterocycles. The molecule has 1 aromatic heterocycles. The van der Waals surface area contributed by atoms with Gasteiger partial charge in [-0.25, -0.2) is 4.98 Å². The number of para-hydroxylation sites is 1. The van der Waals surface area contributed by atoms with Gasteiger partial charge in [0.25, 0.3) is 0 Å². The van der Waals surface area contributed by atoms with E-state index >= 15 is 0 Å². The SMILES string of the molecule is O=C(CC(O)(c1nc2ccccc2s1)C(F)(F)F)Nc1cccc2ccccc12. The Hall–Kier alpha value is -2.97. The Morgan fingerprint density at radius 2 is 1.69 bits per heavy atom. The molecule has 2 N–H and O–H groups in total. The highest BCUT2D eigenvalue weighted by Gasteiger charge is 2.58. The molecule has 1 unspecified atom stereocenters. The normalized spacial score (nSPS) is 14.1. The molecule has 0 aliphatic heterocycles. The minimum Gasteiger partial charge on any atom is -0.374 e. The van der Waals surface area contributed by atoms with Crippen LogP contribution in [0.4, 0.5) is 18.9 Å². The van der Waals surface area contributed by atoms with Gasteiger partial charge in [-0.15, -0.1) is 11.3 Å². The topological polar surface area (TPSA) is 62.2 Å². The number of rotatable bonds is 4.